The summed E-state index contributed by atoms with van der Waals surface area (Å²) in [7, 11) is 0. The molecule has 0 aromatic heterocycles. The smallest absolute Gasteiger partial charge is 0.387 e. The van der Waals surface area contributed by atoms with Gasteiger partial charge in [-0.05, 0) is 42.5 Å². The van der Waals surface area contributed by atoms with E-state index in [1.807, 2.05) is 0 Å². The Labute approximate surface area is 103 Å². The fourth-order valence-electron chi connectivity index (χ4n) is 1.57. The van der Waals surface area contributed by atoms with Gasteiger partial charge in [-0.25, -0.2) is 4.39 Å². The van der Waals surface area contributed by atoms with Crippen LogP contribution in [-0.2, 0) is 0 Å². The van der Waals surface area contributed by atoms with Crippen molar-refractivity contribution in [1.82, 2.24) is 0 Å². The molecule has 1 aromatic rings. The van der Waals surface area contributed by atoms with Gasteiger partial charge in [0.05, 0.1) is 0 Å². The SMILES string of the molecule is OC(C(F)=CC1CC1)c1ccc(OC(F)F)cc1. The van der Waals surface area contributed by atoms with Gasteiger partial charge in [-0.2, -0.15) is 8.78 Å². The maximum Gasteiger partial charge on any atom is 0.387 e. The molecule has 1 saturated carbocycles. The maximum absolute atomic E-state index is 13.5. The first kappa shape index (κ1) is 13.0. The van der Waals surface area contributed by atoms with E-state index in [1.54, 1.807) is 0 Å². The van der Waals surface area contributed by atoms with Gasteiger partial charge >= 0.3 is 6.61 Å². The summed E-state index contributed by atoms with van der Waals surface area (Å²) < 4.78 is 41.5. The van der Waals surface area contributed by atoms with Crippen LogP contribution in [0.1, 0.15) is 24.5 Å². The molecule has 0 heterocycles. The third-order valence-electron chi connectivity index (χ3n) is 2.70. The van der Waals surface area contributed by atoms with Crippen molar-refractivity contribution in [3.63, 3.8) is 0 Å². The van der Waals surface area contributed by atoms with E-state index in [-0.39, 0.29) is 11.7 Å². The van der Waals surface area contributed by atoms with Crippen molar-refractivity contribution in [3.8, 4) is 5.75 Å². The largest absolute Gasteiger partial charge is 0.435 e. The molecule has 0 amide bonds. The number of ether oxygens (including phenoxy) is 1. The average Bonchev–Trinajstić information content (AvgIpc) is 3.12. The number of hydrogen-bond acceptors (Lipinski definition) is 2. The third kappa shape index (κ3) is 3.50. The predicted octanol–water partition coefficient (Wildman–Crippen LogP) is 3.58. The van der Waals surface area contributed by atoms with Crippen LogP contribution in [0.25, 0.3) is 0 Å². The molecule has 0 aliphatic heterocycles. The molecule has 0 saturated heterocycles. The van der Waals surface area contributed by atoms with E-state index < -0.39 is 18.5 Å². The van der Waals surface area contributed by atoms with Gasteiger partial charge in [-0.15, -0.1) is 0 Å². The van der Waals surface area contributed by atoms with Gasteiger partial charge in [0.2, 0.25) is 0 Å². The fraction of sp³-hybridized carbons (Fsp3) is 0.385. The first-order valence-electron chi connectivity index (χ1n) is 5.66. The molecular formula is C13H13F3O2. The molecule has 2 rings (SSSR count). The summed E-state index contributed by atoms with van der Waals surface area (Å²) in [4.78, 5) is 0. The van der Waals surface area contributed by atoms with Crippen LogP contribution in [0, 0.1) is 5.92 Å². The number of aliphatic hydroxyl groups excluding tert-OH is 1. The van der Waals surface area contributed by atoms with Crippen molar-refractivity contribution in [3.05, 3.63) is 41.7 Å². The number of rotatable bonds is 5. The van der Waals surface area contributed by atoms with Crippen LogP contribution in [0.5, 0.6) is 5.75 Å². The van der Waals surface area contributed by atoms with Crippen LogP contribution in [0.2, 0.25) is 0 Å². The van der Waals surface area contributed by atoms with Crippen molar-refractivity contribution < 1.29 is 23.0 Å². The molecule has 98 valence electrons. The lowest BCUT2D eigenvalue weighted by atomic mass is 10.1. The second kappa shape index (κ2) is 5.44. The molecule has 1 aliphatic carbocycles. The monoisotopic (exact) mass is 258 g/mol. The molecule has 1 unspecified atom stereocenters. The molecule has 5 heteroatoms. The molecule has 1 aliphatic rings. The summed E-state index contributed by atoms with van der Waals surface area (Å²) >= 11 is 0. The molecule has 1 N–H and O–H groups in total. The Morgan fingerprint density at radius 2 is 1.89 bits per heavy atom. The van der Waals surface area contributed by atoms with Crippen LogP contribution >= 0.6 is 0 Å². The Morgan fingerprint density at radius 1 is 1.28 bits per heavy atom. The van der Waals surface area contributed by atoms with Crippen molar-refractivity contribution in [2.75, 3.05) is 0 Å². The molecule has 1 fully saturated rings. The highest BCUT2D eigenvalue weighted by atomic mass is 19.3. The van der Waals surface area contributed by atoms with Crippen LogP contribution in [-0.4, -0.2) is 11.7 Å². The standard InChI is InChI=1S/C13H13F3O2/c14-11(7-8-1-2-8)12(17)9-3-5-10(6-4-9)18-13(15)16/h3-8,12-13,17H,1-2H2. The zero-order valence-electron chi connectivity index (χ0n) is 9.52. The Balaban J connectivity index is 2.03. The van der Waals surface area contributed by atoms with Gasteiger partial charge in [0.15, 0.2) is 0 Å². The number of hydrogen-bond donors (Lipinski definition) is 1. The lowest BCUT2D eigenvalue weighted by Gasteiger charge is -2.10. The summed E-state index contributed by atoms with van der Waals surface area (Å²) in [5.74, 6) is -0.395. The molecule has 18 heavy (non-hydrogen) atoms. The number of benzene rings is 1. The minimum absolute atomic E-state index is 0.0208. The van der Waals surface area contributed by atoms with Gasteiger partial charge in [0.1, 0.15) is 17.7 Å². The first-order valence-corrected chi connectivity index (χ1v) is 5.66. The first-order chi connectivity index (χ1) is 8.56. The van der Waals surface area contributed by atoms with Crippen molar-refractivity contribution in [1.29, 1.82) is 0 Å². The highest BCUT2D eigenvalue weighted by molar-refractivity contribution is 5.31. The lowest BCUT2D eigenvalue weighted by Crippen LogP contribution is -2.03. The van der Waals surface area contributed by atoms with E-state index in [4.69, 9.17) is 0 Å². The number of aliphatic hydroxyl groups is 1. The number of halogens is 3. The van der Waals surface area contributed by atoms with Crippen LogP contribution in [0.15, 0.2) is 36.2 Å². The summed E-state index contributed by atoms with van der Waals surface area (Å²) in [6.45, 7) is -2.90. The van der Waals surface area contributed by atoms with E-state index in [9.17, 15) is 18.3 Å². The predicted molar refractivity (Wildman–Crippen MR) is 59.9 cm³/mol. The van der Waals surface area contributed by atoms with E-state index in [1.165, 1.54) is 30.3 Å². The van der Waals surface area contributed by atoms with Gasteiger partial charge < -0.3 is 9.84 Å². The summed E-state index contributed by atoms with van der Waals surface area (Å²) in [6.07, 6.45) is 1.96. The second-order valence-electron chi connectivity index (χ2n) is 4.24. The molecule has 0 spiro atoms. The topological polar surface area (TPSA) is 29.5 Å². The Morgan fingerprint density at radius 3 is 2.39 bits per heavy atom. The van der Waals surface area contributed by atoms with Crippen LogP contribution in [0.4, 0.5) is 13.2 Å². The molecule has 1 atom stereocenters. The van der Waals surface area contributed by atoms with Gasteiger partial charge in [0.25, 0.3) is 0 Å². The van der Waals surface area contributed by atoms with Crippen LogP contribution in [0.3, 0.4) is 0 Å². The minimum Gasteiger partial charge on any atom is -0.435 e. The number of allylic oxidation sites excluding steroid dienone is 1. The third-order valence-corrected chi connectivity index (χ3v) is 2.70. The quantitative estimate of drug-likeness (QED) is 0.874. The number of alkyl halides is 2. The Hall–Kier alpha value is -1.49. The van der Waals surface area contributed by atoms with E-state index in [0.717, 1.165) is 12.8 Å². The van der Waals surface area contributed by atoms with E-state index in [0.29, 0.717) is 5.56 Å². The molecule has 2 nitrogen and oxygen atoms in total. The van der Waals surface area contributed by atoms with Gasteiger partial charge in [-0.1, -0.05) is 12.1 Å². The fourth-order valence-corrected chi connectivity index (χ4v) is 1.57. The minimum atomic E-state index is -2.90. The Kier molecular flexibility index (Phi) is 3.91. The lowest BCUT2D eigenvalue weighted by molar-refractivity contribution is -0.0498. The summed E-state index contributed by atoms with van der Waals surface area (Å²) in [5, 5.41) is 9.71. The van der Waals surface area contributed by atoms with Crippen molar-refractivity contribution in [2.24, 2.45) is 5.92 Å². The van der Waals surface area contributed by atoms with E-state index >= 15 is 0 Å². The normalized spacial score (nSPS) is 17.9. The van der Waals surface area contributed by atoms with Gasteiger partial charge in [0, 0.05) is 0 Å². The van der Waals surface area contributed by atoms with Crippen molar-refractivity contribution >= 4 is 0 Å². The highest BCUT2D eigenvalue weighted by Crippen LogP contribution is 2.34. The molecule has 0 radical (unpaired) electrons. The average molecular weight is 258 g/mol. The zero-order valence-corrected chi connectivity index (χ0v) is 9.52. The highest BCUT2D eigenvalue weighted by Gasteiger charge is 2.22. The van der Waals surface area contributed by atoms with E-state index in [2.05, 4.69) is 4.74 Å². The molecule has 1 aromatic carbocycles. The molecular weight excluding hydrogens is 245 g/mol. The summed E-state index contributed by atoms with van der Waals surface area (Å²) in [6, 6.07) is 5.27. The summed E-state index contributed by atoms with van der Waals surface area (Å²) in [5.41, 5.74) is 0.311. The van der Waals surface area contributed by atoms with Gasteiger partial charge in [-0.3, -0.25) is 0 Å². The maximum atomic E-state index is 13.5. The zero-order chi connectivity index (χ0) is 13.1. The van der Waals surface area contributed by atoms with Crippen molar-refractivity contribution in [2.45, 2.75) is 25.6 Å². The second-order valence-corrected chi connectivity index (χ2v) is 4.24. The molecule has 0 bridgehead atoms. The van der Waals surface area contributed by atoms with Crippen LogP contribution < -0.4 is 4.74 Å². The Bertz CT molecular complexity index is 424.